The fourth-order valence-electron chi connectivity index (χ4n) is 8.80. The molecule has 0 radical (unpaired) electrons. The predicted octanol–water partition coefficient (Wildman–Crippen LogP) is 3.72. The Hall–Kier alpha value is -7.64. The van der Waals surface area contributed by atoms with Crippen LogP contribution in [0.5, 0.6) is 11.5 Å². The minimum atomic E-state index is -0.891. The van der Waals surface area contributed by atoms with Crippen LogP contribution in [0.2, 0.25) is 0 Å². The highest BCUT2D eigenvalue weighted by molar-refractivity contribution is 5.96. The van der Waals surface area contributed by atoms with Crippen LogP contribution in [-0.2, 0) is 45.7 Å². The van der Waals surface area contributed by atoms with Gasteiger partial charge in [-0.15, -0.1) is 0 Å². The lowest BCUT2D eigenvalue weighted by Crippen LogP contribution is -2.42. The van der Waals surface area contributed by atoms with Gasteiger partial charge in [0.2, 0.25) is 10.9 Å². The second-order valence-electron chi connectivity index (χ2n) is 17.9. The van der Waals surface area contributed by atoms with E-state index in [9.17, 15) is 44.1 Å². The molecule has 3 aromatic heterocycles. The standard InChI is InChI=1S/C56H67N7O11/c57-56(24-10-27-58-53(70)48-44(20-19-41-13-4-1-5-14-41)45(67)21-30-61(48)33-36-64,25-11-28-59-54(71)49-51(46(68)22-31-62(49)34-37-65)73-39-42-15-6-2-7-16-42)26-12-29-60-55(72)50-52(47(69)23-32-63(50)35-38-66)74-40-43-17-8-3-9-18-43/h1-9,13-18,21-23,30-32,64-66H,10-12,19-20,24-29,33-40,57H2,(H,58,70)(H,59,71)(H,60,72). The van der Waals surface area contributed by atoms with Crippen molar-refractivity contribution in [1.82, 2.24) is 29.7 Å². The zero-order valence-corrected chi connectivity index (χ0v) is 41.6. The van der Waals surface area contributed by atoms with Crippen LogP contribution in [0, 0.1) is 0 Å². The van der Waals surface area contributed by atoms with Gasteiger partial charge in [-0.3, -0.25) is 28.8 Å². The van der Waals surface area contributed by atoms with Crippen LogP contribution in [0.15, 0.2) is 142 Å². The summed E-state index contributed by atoms with van der Waals surface area (Å²) >= 11 is 0. The maximum atomic E-state index is 13.9. The smallest absolute Gasteiger partial charge is 0.271 e. The van der Waals surface area contributed by atoms with E-state index >= 15 is 0 Å². The number of pyridine rings is 3. The van der Waals surface area contributed by atoms with E-state index in [1.54, 1.807) is 4.57 Å². The SMILES string of the molecule is NC(CCCNC(=O)c1c(CCc2ccccc2)c(=O)ccn1CCO)(CCCNC(=O)c1c(OCc2ccccc2)c(=O)ccn1CCO)CCCNC(=O)c1c(OCc2ccccc2)c(=O)ccn1CCO. The van der Waals surface area contributed by atoms with E-state index in [-0.39, 0.29) is 106 Å². The van der Waals surface area contributed by atoms with Crippen LogP contribution in [0.4, 0.5) is 0 Å². The number of hydrogen-bond donors (Lipinski definition) is 7. The molecule has 0 saturated heterocycles. The number of aryl methyl sites for hydroxylation is 1. The average Bonchev–Trinajstić information content (AvgIpc) is 3.41. The van der Waals surface area contributed by atoms with E-state index in [0.717, 1.165) is 16.7 Å². The lowest BCUT2D eigenvalue weighted by atomic mass is 9.84. The van der Waals surface area contributed by atoms with Crippen molar-refractivity contribution >= 4 is 17.7 Å². The summed E-state index contributed by atoms with van der Waals surface area (Å²) in [7, 11) is 0. The number of aliphatic hydroxyl groups excluding tert-OH is 3. The molecule has 18 nitrogen and oxygen atoms in total. The molecule has 3 amide bonds. The molecule has 0 aliphatic rings. The number of hydrogen-bond acceptors (Lipinski definition) is 12. The van der Waals surface area contributed by atoms with Gasteiger partial charge in [0.05, 0.1) is 19.8 Å². The number of nitrogens with zero attached hydrogens (tertiary/aromatic N) is 3. The number of rotatable bonds is 30. The number of aliphatic hydroxyl groups is 3. The molecule has 0 bridgehead atoms. The van der Waals surface area contributed by atoms with Crippen LogP contribution in [0.1, 0.15) is 92.2 Å². The summed E-state index contributed by atoms with van der Waals surface area (Å²) in [6.07, 6.45) is 7.57. The van der Waals surface area contributed by atoms with Gasteiger partial charge in [-0.25, -0.2) is 0 Å². The van der Waals surface area contributed by atoms with Crippen molar-refractivity contribution in [2.75, 3.05) is 39.5 Å². The molecule has 6 rings (SSSR count). The number of nitrogens with two attached hydrogens (primary N) is 1. The Morgan fingerprint density at radius 2 is 0.824 bits per heavy atom. The number of benzene rings is 3. The number of nitrogens with one attached hydrogen (secondary N) is 3. The number of amides is 3. The van der Waals surface area contributed by atoms with Crippen LogP contribution in [0.3, 0.4) is 0 Å². The van der Waals surface area contributed by atoms with Crippen LogP contribution in [-0.4, -0.2) is 91.7 Å². The van der Waals surface area contributed by atoms with Crippen LogP contribution in [0.25, 0.3) is 0 Å². The van der Waals surface area contributed by atoms with Crippen LogP contribution >= 0.6 is 0 Å². The van der Waals surface area contributed by atoms with Crippen molar-refractivity contribution in [2.45, 2.75) is 89.8 Å². The number of aromatic nitrogens is 3. The molecule has 6 aromatic rings. The normalized spacial score (nSPS) is 11.2. The maximum Gasteiger partial charge on any atom is 0.271 e. The fourth-order valence-corrected chi connectivity index (χ4v) is 8.80. The second kappa shape index (κ2) is 28.6. The quantitative estimate of drug-likeness (QED) is 0.0319. The second-order valence-corrected chi connectivity index (χ2v) is 17.9. The maximum absolute atomic E-state index is 13.9. The molecule has 0 spiro atoms. The van der Waals surface area contributed by atoms with Crippen LogP contribution < -0.4 is 47.4 Å². The van der Waals surface area contributed by atoms with Crippen molar-refractivity contribution in [3.8, 4) is 11.5 Å². The van der Waals surface area contributed by atoms with Gasteiger partial charge in [0.25, 0.3) is 17.7 Å². The predicted molar refractivity (Wildman–Crippen MR) is 280 cm³/mol. The third-order valence-electron chi connectivity index (χ3n) is 12.6. The molecule has 0 aliphatic heterocycles. The molecule has 8 N–H and O–H groups in total. The van der Waals surface area contributed by atoms with Gasteiger partial charge in [-0.2, -0.15) is 0 Å². The molecule has 0 fully saturated rings. The summed E-state index contributed by atoms with van der Waals surface area (Å²) in [6.45, 7) is -0.0876. The first-order valence-electron chi connectivity index (χ1n) is 25.0. The monoisotopic (exact) mass is 1010 g/mol. The molecule has 74 heavy (non-hydrogen) atoms. The van der Waals surface area contributed by atoms with E-state index in [1.807, 2.05) is 91.0 Å². The highest BCUT2D eigenvalue weighted by Crippen LogP contribution is 2.24. The van der Waals surface area contributed by atoms with Gasteiger partial charge in [0.1, 0.15) is 18.9 Å². The molecule has 0 aliphatic carbocycles. The molecule has 0 saturated carbocycles. The zero-order chi connectivity index (χ0) is 52.7. The largest absolute Gasteiger partial charge is 0.483 e. The van der Waals surface area contributed by atoms with Gasteiger partial charge in [-0.1, -0.05) is 91.0 Å². The van der Waals surface area contributed by atoms with Gasteiger partial charge in [0.15, 0.2) is 28.3 Å². The topological polar surface area (TPSA) is 258 Å². The van der Waals surface area contributed by atoms with Crippen molar-refractivity contribution in [3.05, 3.63) is 198 Å². The number of ether oxygens (including phenoxy) is 2. The summed E-state index contributed by atoms with van der Waals surface area (Å²) in [6, 6.07) is 32.0. The lowest BCUT2D eigenvalue weighted by Gasteiger charge is -2.30. The average molecular weight is 1010 g/mol. The zero-order valence-electron chi connectivity index (χ0n) is 41.6. The Balaban J connectivity index is 1.15. The van der Waals surface area contributed by atoms with E-state index in [4.69, 9.17) is 15.2 Å². The van der Waals surface area contributed by atoms with Gasteiger partial charge < -0.3 is 60.2 Å². The van der Waals surface area contributed by atoms with Crippen molar-refractivity contribution in [3.63, 3.8) is 0 Å². The van der Waals surface area contributed by atoms with E-state index in [2.05, 4.69) is 16.0 Å². The molecular weight excluding hydrogens is 947 g/mol. The first-order chi connectivity index (χ1) is 35.9. The lowest BCUT2D eigenvalue weighted by molar-refractivity contribution is 0.0927. The molecule has 0 atom stereocenters. The molecule has 3 heterocycles. The summed E-state index contributed by atoms with van der Waals surface area (Å²) in [4.78, 5) is 81.0. The number of carbonyl (C=O) groups excluding carboxylic acids is 3. The Morgan fingerprint density at radius 3 is 1.22 bits per heavy atom. The Kier molecular flexibility index (Phi) is 21.5. The third kappa shape index (κ3) is 15.9. The minimum Gasteiger partial charge on any atom is -0.483 e. The molecular formula is C56H67N7O11. The van der Waals surface area contributed by atoms with E-state index in [1.165, 1.54) is 45.9 Å². The summed E-state index contributed by atoms with van der Waals surface area (Å²) in [5.74, 6) is -1.92. The van der Waals surface area contributed by atoms with Gasteiger partial charge >= 0.3 is 0 Å². The number of carbonyl (C=O) groups is 3. The minimum absolute atomic E-state index is 0.0320. The van der Waals surface area contributed by atoms with Crippen molar-refractivity contribution < 1.29 is 39.2 Å². The highest BCUT2D eigenvalue weighted by Gasteiger charge is 2.27. The van der Waals surface area contributed by atoms with Crippen molar-refractivity contribution in [2.24, 2.45) is 5.73 Å². The Bertz CT molecular complexity index is 2630. The van der Waals surface area contributed by atoms with Gasteiger partial charge in [-0.05, 0) is 68.1 Å². The molecule has 3 aromatic carbocycles. The first-order valence-corrected chi connectivity index (χ1v) is 25.0. The third-order valence-corrected chi connectivity index (χ3v) is 12.6. The highest BCUT2D eigenvalue weighted by atomic mass is 16.5. The van der Waals surface area contributed by atoms with Crippen molar-refractivity contribution in [1.29, 1.82) is 0 Å². The summed E-state index contributed by atoms with van der Waals surface area (Å²) in [5, 5.41) is 38.2. The van der Waals surface area contributed by atoms with E-state index < -0.39 is 34.1 Å². The van der Waals surface area contributed by atoms with Gasteiger partial charge in [0, 0.05) is 87.2 Å². The first kappa shape index (κ1) is 55.7. The fraction of sp³-hybridized carbons (Fsp3) is 0.357. The molecule has 0 unspecified atom stereocenters. The Morgan fingerprint density at radius 1 is 0.473 bits per heavy atom. The Labute approximate surface area is 429 Å². The summed E-state index contributed by atoms with van der Waals surface area (Å²) in [5.41, 5.74) is 8.09. The molecule has 18 heteroatoms. The summed E-state index contributed by atoms with van der Waals surface area (Å²) < 4.78 is 16.4. The molecule has 392 valence electrons. The van der Waals surface area contributed by atoms with E-state index in [0.29, 0.717) is 56.9 Å².